The molecule has 142 valence electrons. The Morgan fingerprint density at radius 2 is 1.78 bits per heavy atom. The van der Waals surface area contributed by atoms with Gasteiger partial charge in [0, 0.05) is 44.4 Å². The number of non-ortho nitro benzene ring substituents is 1. The van der Waals surface area contributed by atoms with Crippen molar-refractivity contribution in [1.29, 1.82) is 0 Å². The largest absolute Gasteiger partial charge is 0.352 e. The molecule has 0 spiro atoms. The molecule has 3 rings (SSSR count). The molecule has 0 bridgehead atoms. The first kappa shape index (κ1) is 19.8. The highest BCUT2D eigenvalue weighted by Gasteiger charge is 2.28. The van der Waals surface area contributed by atoms with Crippen LogP contribution in [-0.2, 0) is 13.0 Å². The van der Waals surface area contributed by atoms with Crippen molar-refractivity contribution in [3.8, 4) is 0 Å². The molecule has 5 nitrogen and oxygen atoms in total. The van der Waals surface area contributed by atoms with Crippen LogP contribution < -0.4 is 0 Å². The lowest BCUT2D eigenvalue weighted by Crippen LogP contribution is -2.54. The van der Waals surface area contributed by atoms with Crippen LogP contribution in [0.2, 0.25) is 0 Å². The van der Waals surface area contributed by atoms with E-state index in [0.717, 1.165) is 38.2 Å². The Bertz CT molecular complexity index is 809. The fraction of sp³-hybridized carbons (Fsp3) is 0.350. The van der Waals surface area contributed by atoms with Crippen molar-refractivity contribution in [2.45, 2.75) is 25.9 Å². The number of piperazine rings is 1. The lowest BCUT2D eigenvalue weighted by molar-refractivity contribution is -0.384. The van der Waals surface area contributed by atoms with Gasteiger partial charge in [0.15, 0.2) is 0 Å². The molecule has 1 aliphatic heterocycles. The third-order valence-electron chi connectivity index (χ3n) is 4.96. The molecule has 1 saturated heterocycles. The maximum atomic E-state index is 10.8. The molecule has 2 aromatic rings. The number of aryl methyl sites for hydroxylation is 1. The molecule has 1 unspecified atom stereocenters. The zero-order valence-corrected chi connectivity index (χ0v) is 17.0. The minimum Gasteiger partial charge on any atom is -0.352 e. The van der Waals surface area contributed by atoms with Gasteiger partial charge in [0.25, 0.3) is 5.69 Å². The zero-order valence-electron chi connectivity index (χ0n) is 15.2. The van der Waals surface area contributed by atoms with Crippen molar-refractivity contribution in [3.63, 3.8) is 0 Å². The molecule has 1 aliphatic rings. The summed E-state index contributed by atoms with van der Waals surface area (Å²) >= 11 is 9.73. The van der Waals surface area contributed by atoms with Crippen LogP contribution in [0.15, 0.2) is 48.5 Å². The fourth-order valence-electron chi connectivity index (χ4n) is 3.47. The average Bonchev–Trinajstić information content (AvgIpc) is 2.64. The molecule has 0 N–H and O–H groups in total. The average molecular weight is 402 g/mol. The van der Waals surface area contributed by atoms with Crippen molar-refractivity contribution >= 4 is 34.9 Å². The summed E-state index contributed by atoms with van der Waals surface area (Å²) in [5, 5.41) is 10.8. The number of nitro groups is 1. The Kier molecular flexibility index (Phi) is 6.46. The van der Waals surface area contributed by atoms with Crippen LogP contribution >= 0.6 is 24.8 Å². The summed E-state index contributed by atoms with van der Waals surface area (Å²) in [5.74, 6) is 0. The van der Waals surface area contributed by atoms with E-state index in [2.05, 4.69) is 53.6 Å². The number of rotatable bonds is 5. The molecule has 1 heterocycles. The van der Waals surface area contributed by atoms with E-state index < -0.39 is 0 Å². The summed E-state index contributed by atoms with van der Waals surface area (Å²) in [6, 6.07) is 15.6. The van der Waals surface area contributed by atoms with E-state index >= 15 is 0 Å². The molecule has 27 heavy (non-hydrogen) atoms. The number of nitrogens with zero attached hydrogens (tertiary/aromatic N) is 3. The van der Waals surface area contributed by atoms with Crippen LogP contribution in [0.25, 0.3) is 0 Å². The molecule has 0 radical (unpaired) electrons. The monoisotopic (exact) mass is 401 g/mol. The quantitative estimate of drug-likeness (QED) is 0.357. The van der Waals surface area contributed by atoms with Gasteiger partial charge in [-0.1, -0.05) is 54.2 Å². The SMILES string of the molecule is Cc1ccc(CN2CCN(C(=S)S)C(Cc3ccc([N+](=O)[O-])cc3)C2)cc1. The molecule has 0 amide bonds. The highest BCUT2D eigenvalue weighted by molar-refractivity contribution is 8.10. The Labute approximate surface area is 170 Å². The predicted octanol–water partition coefficient (Wildman–Crippen LogP) is 3.85. The number of thiocarbonyl (C=S) groups is 1. The summed E-state index contributed by atoms with van der Waals surface area (Å²) in [4.78, 5) is 15.1. The van der Waals surface area contributed by atoms with Crippen LogP contribution in [0.1, 0.15) is 16.7 Å². The van der Waals surface area contributed by atoms with Gasteiger partial charge in [-0.3, -0.25) is 15.0 Å². The summed E-state index contributed by atoms with van der Waals surface area (Å²) < 4.78 is 0.608. The molecular formula is C20H23N3O2S2. The molecule has 0 aliphatic carbocycles. The smallest absolute Gasteiger partial charge is 0.269 e. The van der Waals surface area contributed by atoms with Crippen LogP contribution in [0.4, 0.5) is 5.69 Å². The standard InChI is InChI=1S/C20H23N3O2S2/c1-15-2-4-17(5-3-15)13-21-10-11-22(20(26)27)19(14-21)12-16-6-8-18(9-7-16)23(24)25/h2-9,19H,10-14H2,1H3,(H,26,27). The summed E-state index contributed by atoms with van der Waals surface area (Å²) in [7, 11) is 0. The minimum atomic E-state index is -0.372. The lowest BCUT2D eigenvalue weighted by Gasteiger charge is -2.42. The van der Waals surface area contributed by atoms with Gasteiger partial charge in [-0.05, 0) is 24.5 Å². The second kappa shape index (κ2) is 8.82. The van der Waals surface area contributed by atoms with Gasteiger partial charge in [-0.25, -0.2) is 0 Å². The second-order valence-corrected chi connectivity index (χ2v) is 8.09. The summed E-state index contributed by atoms with van der Waals surface area (Å²) in [6.45, 7) is 5.66. The number of hydrogen-bond donors (Lipinski definition) is 1. The summed E-state index contributed by atoms with van der Waals surface area (Å²) in [6.07, 6.45) is 0.781. The minimum absolute atomic E-state index is 0.116. The summed E-state index contributed by atoms with van der Waals surface area (Å²) in [5.41, 5.74) is 3.75. The normalized spacial score (nSPS) is 17.7. The topological polar surface area (TPSA) is 49.6 Å². The van der Waals surface area contributed by atoms with E-state index in [1.807, 2.05) is 12.1 Å². The van der Waals surface area contributed by atoms with E-state index in [1.165, 1.54) is 11.1 Å². The first-order valence-electron chi connectivity index (χ1n) is 8.93. The highest BCUT2D eigenvalue weighted by atomic mass is 32.1. The van der Waals surface area contributed by atoms with Crippen molar-refractivity contribution < 1.29 is 4.92 Å². The molecule has 1 atom stereocenters. The maximum absolute atomic E-state index is 10.8. The van der Waals surface area contributed by atoms with E-state index in [9.17, 15) is 10.1 Å². The number of nitro benzene ring substituents is 1. The van der Waals surface area contributed by atoms with Gasteiger partial charge in [0.2, 0.25) is 0 Å². The van der Waals surface area contributed by atoms with Crippen molar-refractivity contribution in [1.82, 2.24) is 9.80 Å². The van der Waals surface area contributed by atoms with Gasteiger partial charge >= 0.3 is 0 Å². The first-order chi connectivity index (χ1) is 12.9. The fourth-order valence-corrected chi connectivity index (χ4v) is 3.97. The molecule has 1 fully saturated rings. The first-order valence-corrected chi connectivity index (χ1v) is 9.79. The molecule has 0 aromatic heterocycles. The second-order valence-electron chi connectivity index (χ2n) is 6.98. The molecule has 7 heteroatoms. The van der Waals surface area contributed by atoms with Crippen LogP contribution in [0.3, 0.4) is 0 Å². The van der Waals surface area contributed by atoms with Gasteiger partial charge in [0.1, 0.15) is 4.32 Å². The van der Waals surface area contributed by atoms with E-state index in [-0.39, 0.29) is 16.7 Å². The van der Waals surface area contributed by atoms with Crippen LogP contribution in [0.5, 0.6) is 0 Å². The van der Waals surface area contributed by atoms with E-state index in [1.54, 1.807) is 12.1 Å². The number of hydrogen-bond acceptors (Lipinski definition) is 4. The van der Waals surface area contributed by atoms with Gasteiger partial charge in [-0.15, -0.1) is 12.6 Å². The zero-order chi connectivity index (χ0) is 19.4. The third kappa shape index (κ3) is 5.28. The lowest BCUT2D eigenvalue weighted by atomic mass is 10.0. The van der Waals surface area contributed by atoms with Crippen molar-refractivity contribution in [3.05, 3.63) is 75.3 Å². The Balaban J connectivity index is 1.69. The Morgan fingerprint density at radius 3 is 2.37 bits per heavy atom. The van der Waals surface area contributed by atoms with Crippen molar-refractivity contribution in [2.75, 3.05) is 19.6 Å². The molecule has 2 aromatic carbocycles. The van der Waals surface area contributed by atoms with Gasteiger partial charge in [0.05, 0.1) is 4.92 Å². The Morgan fingerprint density at radius 1 is 1.15 bits per heavy atom. The van der Waals surface area contributed by atoms with Crippen molar-refractivity contribution in [2.24, 2.45) is 0 Å². The maximum Gasteiger partial charge on any atom is 0.269 e. The van der Waals surface area contributed by atoms with Gasteiger partial charge in [-0.2, -0.15) is 0 Å². The van der Waals surface area contributed by atoms with E-state index in [4.69, 9.17) is 12.2 Å². The van der Waals surface area contributed by atoms with Crippen LogP contribution in [0, 0.1) is 17.0 Å². The van der Waals surface area contributed by atoms with Gasteiger partial charge < -0.3 is 4.90 Å². The van der Waals surface area contributed by atoms with E-state index in [0.29, 0.717) is 4.32 Å². The Hall–Kier alpha value is -1.96. The van der Waals surface area contributed by atoms with Crippen LogP contribution in [-0.4, -0.2) is 44.7 Å². The third-order valence-corrected chi connectivity index (χ3v) is 5.45. The number of benzene rings is 2. The highest BCUT2D eigenvalue weighted by Crippen LogP contribution is 2.20. The molecule has 0 saturated carbocycles. The predicted molar refractivity (Wildman–Crippen MR) is 115 cm³/mol. The molecular weight excluding hydrogens is 378 g/mol. The number of thiol groups is 1.